The van der Waals surface area contributed by atoms with Crippen molar-refractivity contribution in [2.24, 2.45) is 0 Å². The number of benzene rings is 4. The molecule has 4 aromatic carbocycles. The Morgan fingerprint density at radius 2 is 0.464 bits per heavy atom. The van der Waals surface area contributed by atoms with Crippen LogP contribution in [-0.4, -0.2) is 121 Å². The first-order chi connectivity index (χ1) is 51.7. The highest BCUT2D eigenvalue weighted by molar-refractivity contribution is 5.94. The molecule has 0 aromatic heterocycles. The standard InChI is InChI=1S/C73H80F30O9/c1-2-3-4-5-6-7-8-9-10-11-12-15-20-25-44-108-53-38-32-50(33-39-53)59(106)112-56-47-54(110-57(104)48-28-34-51(35-29-48)107-45-26-21-16-13-18-23-42-60(74,75)62(78,79)64(82,83)66(86,87)68(90,91)70(94,95)72(98,99)100)40-41-55(56)111-58(105)49-30-36-52(37-31-49)109-46-27-22-17-14-19-24-43-61(76,77)63(80,81)65(84,85)67(88,89)69(92,93)71(96,97)73(101,102)103/h28-41,47H,2-27,42-46H2,1H3. The predicted octanol–water partition coefficient (Wildman–Crippen LogP) is 26.2. The van der Waals surface area contributed by atoms with Gasteiger partial charge in [0.05, 0.1) is 36.5 Å². The van der Waals surface area contributed by atoms with E-state index in [4.69, 9.17) is 28.4 Å². The van der Waals surface area contributed by atoms with Crippen LogP contribution in [0.5, 0.6) is 34.5 Å². The van der Waals surface area contributed by atoms with Crippen molar-refractivity contribution in [2.75, 3.05) is 19.8 Å². The summed E-state index contributed by atoms with van der Waals surface area (Å²) in [5.41, 5.74) is -0.232. The van der Waals surface area contributed by atoms with Crippen LogP contribution in [0.25, 0.3) is 0 Å². The molecule has 0 N–H and O–H groups in total. The van der Waals surface area contributed by atoms with E-state index in [0.717, 1.165) is 50.3 Å². The van der Waals surface area contributed by atoms with E-state index in [1.807, 2.05) is 0 Å². The van der Waals surface area contributed by atoms with Crippen LogP contribution in [0.3, 0.4) is 0 Å². The Morgan fingerprint density at radius 1 is 0.241 bits per heavy atom. The molecule has 0 spiro atoms. The van der Waals surface area contributed by atoms with Crippen molar-refractivity contribution in [1.82, 2.24) is 0 Å². The van der Waals surface area contributed by atoms with E-state index in [-0.39, 0.29) is 104 Å². The average Bonchev–Trinajstić information content (AvgIpc) is 0.708. The molecule has 4 rings (SSSR count). The molecular formula is C73H80F30O9. The number of rotatable bonds is 52. The summed E-state index contributed by atoms with van der Waals surface area (Å²) < 4.78 is 439. The SMILES string of the molecule is CCCCCCCCCCCCCCCCOc1ccc(C(=O)Oc2cc(OC(=O)c3ccc(OCCCCCCCCC(F)(F)C(F)(F)C(F)(F)C(F)(F)C(F)(F)C(F)(F)C(F)(F)F)cc3)ccc2OC(=O)c2ccc(OCCCCCCCCC(F)(F)C(F)(F)C(F)(F)C(F)(F)C(F)(F)C(F)(F)C(F)(F)F)cc2)cc1. The molecule has 0 aliphatic rings. The molecule has 0 saturated carbocycles. The molecule has 39 heteroatoms. The van der Waals surface area contributed by atoms with Crippen LogP contribution < -0.4 is 28.4 Å². The maximum absolute atomic E-state index is 14.3. The van der Waals surface area contributed by atoms with Crippen molar-refractivity contribution in [2.45, 2.75) is 270 Å². The minimum Gasteiger partial charge on any atom is -0.494 e. The van der Waals surface area contributed by atoms with Crippen molar-refractivity contribution < 1.29 is 175 Å². The van der Waals surface area contributed by atoms with Gasteiger partial charge in [-0.2, -0.15) is 132 Å². The quantitative estimate of drug-likeness (QED) is 0.0185. The number of hydrogen-bond donors (Lipinski definition) is 0. The van der Waals surface area contributed by atoms with Crippen molar-refractivity contribution >= 4 is 17.9 Å². The number of esters is 3. The Balaban J connectivity index is 1.32. The van der Waals surface area contributed by atoms with Crippen molar-refractivity contribution in [3.8, 4) is 34.5 Å². The summed E-state index contributed by atoms with van der Waals surface area (Å²) in [5, 5.41) is 0. The summed E-state index contributed by atoms with van der Waals surface area (Å²) >= 11 is 0. The number of alkyl halides is 30. The molecule has 0 amide bonds. The molecule has 112 heavy (non-hydrogen) atoms. The molecule has 636 valence electrons. The van der Waals surface area contributed by atoms with E-state index in [1.54, 1.807) is 0 Å². The van der Waals surface area contributed by atoms with Gasteiger partial charge in [-0.15, -0.1) is 0 Å². The Hall–Kier alpha value is -7.41. The third kappa shape index (κ3) is 23.9. The zero-order chi connectivity index (χ0) is 84.7. The maximum atomic E-state index is 14.3. The van der Waals surface area contributed by atoms with Crippen molar-refractivity contribution in [3.05, 3.63) is 108 Å². The summed E-state index contributed by atoms with van der Waals surface area (Å²) in [6.07, 6.45) is -6.55. The smallest absolute Gasteiger partial charge is 0.460 e. The Bertz CT molecular complexity index is 3530. The molecule has 0 radical (unpaired) electrons. The molecule has 0 saturated heterocycles. The molecule has 9 nitrogen and oxygen atoms in total. The van der Waals surface area contributed by atoms with Gasteiger partial charge in [-0.1, -0.05) is 142 Å². The second-order valence-electron chi connectivity index (χ2n) is 26.4. The van der Waals surface area contributed by atoms with Gasteiger partial charge >= 0.3 is 101 Å². The molecule has 0 atom stereocenters. The molecule has 0 bridgehead atoms. The fourth-order valence-corrected chi connectivity index (χ4v) is 10.8. The van der Waals surface area contributed by atoms with Crippen LogP contribution >= 0.6 is 0 Å². The minimum absolute atomic E-state index is 0.0140. The van der Waals surface area contributed by atoms with Crippen LogP contribution in [-0.2, 0) is 0 Å². The largest absolute Gasteiger partial charge is 0.494 e. The van der Waals surface area contributed by atoms with Crippen molar-refractivity contribution in [1.29, 1.82) is 0 Å². The summed E-state index contributed by atoms with van der Waals surface area (Å²) in [6, 6.07) is 19.3. The van der Waals surface area contributed by atoms with Gasteiger partial charge < -0.3 is 28.4 Å². The topological polar surface area (TPSA) is 107 Å². The molecule has 0 fully saturated rings. The van der Waals surface area contributed by atoms with E-state index in [9.17, 15) is 146 Å². The van der Waals surface area contributed by atoms with E-state index in [2.05, 4.69) is 6.92 Å². The van der Waals surface area contributed by atoms with Crippen LogP contribution in [0.15, 0.2) is 91.0 Å². The third-order valence-corrected chi connectivity index (χ3v) is 17.7. The number of hydrogen-bond acceptors (Lipinski definition) is 9. The van der Waals surface area contributed by atoms with Gasteiger partial charge in [-0.3, -0.25) is 0 Å². The number of unbranched alkanes of at least 4 members (excludes halogenated alkanes) is 23. The Morgan fingerprint density at radius 3 is 0.741 bits per heavy atom. The number of halogens is 30. The van der Waals surface area contributed by atoms with Crippen LogP contribution in [0.1, 0.15) is 218 Å². The summed E-state index contributed by atoms with van der Waals surface area (Å²) in [5.74, 6) is -97.0. The van der Waals surface area contributed by atoms with Crippen LogP contribution in [0, 0.1) is 0 Å². The van der Waals surface area contributed by atoms with Crippen LogP contribution in [0.2, 0.25) is 0 Å². The fraction of sp³-hybridized carbons (Fsp3) is 0.630. The fourth-order valence-electron chi connectivity index (χ4n) is 10.8. The van der Waals surface area contributed by atoms with Gasteiger partial charge in [-0.05, 0) is 117 Å². The third-order valence-electron chi connectivity index (χ3n) is 17.7. The maximum Gasteiger partial charge on any atom is 0.460 e. The molecule has 0 aliphatic carbocycles. The number of carbonyl (C=O) groups is 3. The van der Waals surface area contributed by atoms with Crippen LogP contribution in [0.4, 0.5) is 132 Å². The Kier molecular flexibility index (Phi) is 34.8. The minimum atomic E-state index is -8.36. The molecule has 0 heterocycles. The molecule has 4 aromatic rings. The first-order valence-corrected chi connectivity index (χ1v) is 35.4. The van der Waals surface area contributed by atoms with Gasteiger partial charge in [0.1, 0.15) is 23.0 Å². The summed E-state index contributed by atoms with van der Waals surface area (Å²) in [7, 11) is 0. The zero-order valence-corrected chi connectivity index (χ0v) is 59.6. The highest BCUT2D eigenvalue weighted by atomic mass is 19.4. The zero-order valence-electron chi connectivity index (χ0n) is 59.6. The van der Waals surface area contributed by atoms with E-state index in [1.165, 1.54) is 131 Å². The predicted molar refractivity (Wildman–Crippen MR) is 344 cm³/mol. The van der Waals surface area contributed by atoms with Gasteiger partial charge in [-0.25, -0.2) is 14.4 Å². The highest BCUT2D eigenvalue weighted by Gasteiger charge is 2.95. The highest BCUT2D eigenvalue weighted by Crippen LogP contribution is 2.65. The summed E-state index contributed by atoms with van der Waals surface area (Å²) in [4.78, 5) is 40.5. The average molecular weight is 1670 g/mol. The number of carbonyl (C=O) groups excluding carboxylic acids is 3. The number of ether oxygens (including phenoxy) is 6. The second kappa shape index (κ2) is 40.2. The molecule has 0 unspecified atom stereocenters. The van der Waals surface area contributed by atoms with Gasteiger partial charge in [0, 0.05) is 18.9 Å². The van der Waals surface area contributed by atoms with Gasteiger partial charge in [0.2, 0.25) is 0 Å². The van der Waals surface area contributed by atoms with Crippen molar-refractivity contribution in [3.63, 3.8) is 0 Å². The van der Waals surface area contributed by atoms with E-state index >= 15 is 0 Å². The molecular weight excluding hydrogens is 1590 g/mol. The van der Waals surface area contributed by atoms with E-state index in [0.29, 0.717) is 12.4 Å². The Labute approximate surface area is 623 Å². The lowest BCUT2D eigenvalue weighted by Gasteiger charge is -2.41. The monoisotopic (exact) mass is 1670 g/mol. The van der Waals surface area contributed by atoms with E-state index < -0.39 is 146 Å². The first-order valence-electron chi connectivity index (χ1n) is 35.4. The summed E-state index contributed by atoms with van der Waals surface area (Å²) in [6.45, 7) is 2.46. The van der Waals surface area contributed by atoms with Gasteiger partial charge in [0.25, 0.3) is 0 Å². The first kappa shape index (κ1) is 97.0. The molecule has 0 aliphatic heterocycles. The normalized spacial score (nSPS) is 13.6. The lowest BCUT2D eigenvalue weighted by molar-refractivity contribution is -0.452. The van der Waals surface area contributed by atoms with Gasteiger partial charge in [0.15, 0.2) is 11.5 Å². The second-order valence-corrected chi connectivity index (χ2v) is 26.4. The lowest BCUT2D eigenvalue weighted by atomic mass is 9.89. The lowest BCUT2D eigenvalue weighted by Crippen LogP contribution is -2.72.